The molecule has 1 heterocycles. The van der Waals surface area contributed by atoms with Gasteiger partial charge in [0.25, 0.3) is 0 Å². The van der Waals surface area contributed by atoms with E-state index in [1.54, 1.807) is 20.0 Å². The number of hydrogen-bond donors (Lipinski definition) is 0. The van der Waals surface area contributed by atoms with Crippen LogP contribution in [-0.4, -0.2) is 37.0 Å². The summed E-state index contributed by atoms with van der Waals surface area (Å²) in [4.78, 5) is 11.2. The minimum absolute atomic E-state index is 0.119. The summed E-state index contributed by atoms with van der Waals surface area (Å²) in [7, 11) is -0.418. The van der Waals surface area contributed by atoms with Crippen molar-refractivity contribution in [2.75, 3.05) is 12.9 Å². The van der Waals surface area contributed by atoms with Gasteiger partial charge < -0.3 is 4.74 Å². The smallest absolute Gasteiger partial charge is 0.309 e. The normalized spacial score (nSPS) is 13.3. The topological polar surface area (TPSA) is 78.3 Å². The number of nitrogens with zero attached hydrogens (tertiary/aromatic N) is 2. The zero-order valence-corrected chi connectivity index (χ0v) is 11.8. The van der Waals surface area contributed by atoms with Crippen LogP contribution in [0, 0.1) is 12.8 Å². The van der Waals surface area contributed by atoms with E-state index in [0.29, 0.717) is 5.69 Å². The molecule has 0 aliphatic carbocycles. The van der Waals surface area contributed by atoms with Crippen LogP contribution in [0.2, 0.25) is 0 Å². The number of rotatable bonds is 5. The lowest BCUT2D eigenvalue weighted by atomic mass is 10.2. The number of ether oxygens (including phenoxy) is 1. The van der Waals surface area contributed by atoms with E-state index in [4.69, 9.17) is 0 Å². The fourth-order valence-corrected chi connectivity index (χ4v) is 3.47. The van der Waals surface area contributed by atoms with Crippen molar-refractivity contribution in [2.24, 2.45) is 13.0 Å². The number of aryl methyl sites for hydroxylation is 2. The van der Waals surface area contributed by atoms with Gasteiger partial charge in [-0.1, -0.05) is 6.92 Å². The largest absolute Gasteiger partial charge is 0.469 e. The molecule has 0 aliphatic rings. The Labute approximate surface area is 107 Å². The average Bonchev–Trinajstić information content (AvgIpc) is 2.54. The Bertz CT molecular complexity index is 533. The Morgan fingerprint density at radius 3 is 2.61 bits per heavy atom. The third-order valence-corrected chi connectivity index (χ3v) is 4.32. The highest BCUT2D eigenvalue weighted by molar-refractivity contribution is 7.90. The van der Waals surface area contributed by atoms with E-state index in [1.807, 2.05) is 0 Å². The molecule has 0 radical (unpaired) electrons. The first-order valence-electron chi connectivity index (χ1n) is 5.53. The van der Waals surface area contributed by atoms with E-state index in [9.17, 15) is 13.2 Å². The highest BCUT2D eigenvalue weighted by atomic mass is 32.2. The molecule has 0 spiro atoms. The number of esters is 1. The number of sulfone groups is 1. The molecule has 6 nitrogen and oxygen atoms in total. The van der Waals surface area contributed by atoms with Gasteiger partial charge in [0.1, 0.15) is 0 Å². The van der Waals surface area contributed by atoms with Gasteiger partial charge in [-0.05, 0) is 13.0 Å². The highest BCUT2D eigenvalue weighted by Gasteiger charge is 2.23. The summed E-state index contributed by atoms with van der Waals surface area (Å²) in [5.41, 5.74) is 1.38. The molecular formula is C11H18N2O4S. The van der Waals surface area contributed by atoms with Crippen LogP contribution >= 0.6 is 0 Å². The van der Waals surface area contributed by atoms with E-state index in [-0.39, 0.29) is 11.5 Å². The van der Waals surface area contributed by atoms with E-state index in [1.165, 1.54) is 18.7 Å². The Kier molecular flexibility index (Phi) is 4.50. The predicted octanol–water partition coefficient (Wildman–Crippen LogP) is 0.452. The van der Waals surface area contributed by atoms with Crippen molar-refractivity contribution >= 4 is 15.8 Å². The maximum atomic E-state index is 11.9. The monoisotopic (exact) mass is 274 g/mol. The minimum Gasteiger partial charge on any atom is -0.469 e. The molecule has 0 amide bonds. The van der Waals surface area contributed by atoms with Crippen molar-refractivity contribution in [3.05, 3.63) is 17.5 Å². The van der Waals surface area contributed by atoms with Gasteiger partial charge in [0.05, 0.1) is 35.9 Å². The van der Waals surface area contributed by atoms with Gasteiger partial charge in [-0.15, -0.1) is 0 Å². The van der Waals surface area contributed by atoms with Gasteiger partial charge >= 0.3 is 5.97 Å². The number of aromatic nitrogens is 2. The minimum atomic E-state index is -3.36. The maximum Gasteiger partial charge on any atom is 0.309 e. The first kappa shape index (κ1) is 14.7. The second kappa shape index (κ2) is 5.51. The van der Waals surface area contributed by atoms with Crippen molar-refractivity contribution in [1.82, 2.24) is 9.78 Å². The summed E-state index contributed by atoms with van der Waals surface area (Å²) in [5, 5.41) is 4.09. The van der Waals surface area contributed by atoms with Crippen molar-refractivity contribution in [2.45, 2.75) is 19.6 Å². The second-order valence-corrected chi connectivity index (χ2v) is 6.49. The van der Waals surface area contributed by atoms with Crippen LogP contribution in [0.1, 0.15) is 18.3 Å². The van der Waals surface area contributed by atoms with Crippen LogP contribution in [0.4, 0.5) is 0 Å². The quantitative estimate of drug-likeness (QED) is 0.729. The van der Waals surface area contributed by atoms with E-state index in [2.05, 4.69) is 9.84 Å². The van der Waals surface area contributed by atoms with E-state index in [0.717, 1.165) is 5.69 Å². The van der Waals surface area contributed by atoms with Crippen molar-refractivity contribution in [3.8, 4) is 0 Å². The molecule has 7 heteroatoms. The Balaban J connectivity index is 2.77. The Morgan fingerprint density at radius 2 is 2.17 bits per heavy atom. The highest BCUT2D eigenvalue weighted by Crippen LogP contribution is 2.11. The summed E-state index contributed by atoms with van der Waals surface area (Å²) in [5.74, 6) is -1.51. The lowest BCUT2D eigenvalue weighted by molar-refractivity contribution is -0.144. The lowest BCUT2D eigenvalue weighted by Crippen LogP contribution is -2.24. The van der Waals surface area contributed by atoms with E-state index >= 15 is 0 Å². The maximum absolute atomic E-state index is 11.9. The summed E-state index contributed by atoms with van der Waals surface area (Å²) < 4.78 is 29.9. The third kappa shape index (κ3) is 3.83. The van der Waals surface area contributed by atoms with Crippen molar-refractivity contribution < 1.29 is 17.9 Å². The molecule has 1 aromatic rings. The fourth-order valence-electron chi connectivity index (χ4n) is 1.73. The van der Waals surface area contributed by atoms with Crippen LogP contribution in [0.3, 0.4) is 0 Å². The molecule has 0 saturated heterocycles. The van der Waals surface area contributed by atoms with Crippen LogP contribution in [0.15, 0.2) is 6.07 Å². The first-order chi connectivity index (χ1) is 8.25. The molecule has 0 saturated carbocycles. The van der Waals surface area contributed by atoms with Crippen molar-refractivity contribution in [3.63, 3.8) is 0 Å². The summed E-state index contributed by atoms with van der Waals surface area (Å²) in [6.45, 7) is 3.34. The Hall–Kier alpha value is -1.37. The second-order valence-electron chi connectivity index (χ2n) is 4.38. The summed E-state index contributed by atoms with van der Waals surface area (Å²) in [6, 6.07) is 1.72. The summed E-state index contributed by atoms with van der Waals surface area (Å²) >= 11 is 0. The predicted molar refractivity (Wildman–Crippen MR) is 66.6 cm³/mol. The molecule has 18 heavy (non-hydrogen) atoms. The molecule has 0 N–H and O–H groups in total. The van der Waals surface area contributed by atoms with Crippen LogP contribution in [0.25, 0.3) is 0 Å². The van der Waals surface area contributed by atoms with Gasteiger partial charge in [0, 0.05) is 7.05 Å². The molecule has 0 fully saturated rings. The molecule has 0 aromatic carbocycles. The number of hydrogen-bond acceptors (Lipinski definition) is 5. The number of carbonyl (C=O) groups is 1. The standard InChI is InChI=1S/C11H18N2O4S/c1-8(11(14)17-4)6-18(15,16)7-10-5-9(2)12-13(10)3/h5,8H,6-7H2,1-4H3. The molecular weight excluding hydrogens is 256 g/mol. The molecule has 0 aliphatic heterocycles. The van der Waals surface area contributed by atoms with Gasteiger partial charge in [-0.2, -0.15) is 5.10 Å². The van der Waals surface area contributed by atoms with Gasteiger partial charge in [-0.25, -0.2) is 8.42 Å². The number of methoxy groups -OCH3 is 1. The zero-order chi connectivity index (χ0) is 13.9. The SMILES string of the molecule is COC(=O)C(C)CS(=O)(=O)Cc1cc(C)nn1C. The lowest BCUT2D eigenvalue weighted by Gasteiger charge is -2.09. The van der Waals surface area contributed by atoms with Crippen molar-refractivity contribution in [1.29, 1.82) is 0 Å². The number of carbonyl (C=O) groups excluding carboxylic acids is 1. The zero-order valence-electron chi connectivity index (χ0n) is 11.0. The Morgan fingerprint density at radius 1 is 1.56 bits per heavy atom. The van der Waals surface area contributed by atoms with Gasteiger partial charge in [-0.3, -0.25) is 9.48 Å². The van der Waals surface area contributed by atoms with Crippen LogP contribution in [-0.2, 0) is 32.2 Å². The molecule has 1 unspecified atom stereocenters. The molecule has 102 valence electrons. The third-order valence-electron chi connectivity index (χ3n) is 2.57. The average molecular weight is 274 g/mol. The first-order valence-corrected chi connectivity index (χ1v) is 7.35. The molecule has 1 atom stereocenters. The molecule has 0 bridgehead atoms. The van der Waals surface area contributed by atoms with Gasteiger partial charge in [0.15, 0.2) is 9.84 Å². The fraction of sp³-hybridized carbons (Fsp3) is 0.636. The molecule has 1 rings (SSSR count). The van der Waals surface area contributed by atoms with Crippen LogP contribution < -0.4 is 0 Å². The summed E-state index contributed by atoms with van der Waals surface area (Å²) in [6.07, 6.45) is 0. The molecule has 1 aromatic heterocycles. The van der Waals surface area contributed by atoms with E-state index < -0.39 is 21.7 Å². The van der Waals surface area contributed by atoms with Crippen LogP contribution in [0.5, 0.6) is 0 Å². The van der Waals surface area contributed by atoms with Gasteiger partial charge in [0.2, 0.25) is 0 Å².